The molecular formula is C7H3FN. The first-order chi connectivity index (χ1) is 4.43. The summed E-state index contributed by atoms with van der Waals surface area (Å²) in [6, 6.07) is 4.94. The predicted molar refractivity (Wildman–Crippen MR) is 31.1 cm³/mol. The number of nitrogens with zero attached hydrogens (tertiary/aromatic N) is 1. The van der Waals surface area contributed by atoms with E-state index in [-0.39, 0.29) is 0 Å². The van der Waals surface area contributed by atoms with Gasteiger partial charge in [0.15, 0.2) is 0 Å². The highest BCUT2D eigenvalue weighted by molar-refractivity contribution is 5.24. The zero-order valence-electron chi connectivity index (χ0n) is 4.56. The van der Waals surface area contributed by atoms with Gasteiger partial charge in [-0.1, -0.05) is 6.07 Å². The van der Waals surface area contributed by atoms with Crippen molar-refractivity contribution < 1.29 is 4.39 Å². The predicted octanol–water partition coefficient (Wildman–Crippen LogP) is 1.16. The van der Waals surface area contributed by atoms with E-state index in [2.05, 4.69) is 17.1 Å². The Morgan fingerprint density at radius 2 is 2.56 bits per heavy atom. The monoisotopic (exact) mass is 120 g/mol. The van der Waals surface area contributed by atoms with Crippen molar-refractivity contribution >= 4 is 0 Å². The molecule has 1 radical (unpaired) electrons. The molecule has 2 heteroatoms. The fourth-order valence-electron chi connectivity index (χ4n) is 0.444. The van der Waals surface area contributed by atoms with Gasteiger partial charge in [-0.05, 0) is 18.1 Å². The topological polar surface area (TPSA) is 12.9 Å². The van der Waals surface area contributed by atoms with Gasteiger partial charge in [0, 0.05) is 0 Å². The van der Waals surface area contributed by atoms with Crippen molar-refractivity contribution in [3.63, 3.8) is 0 Å². The summed E-state index contributed by atoms with van der Waals surface area (Å²) < 4.78 is 11.3. The van der Waals surface area contributed by atoms with Gasteiger partial charge in [-0.15, -0.1) is 4.39 Å². The van der Waals surface area contributed by atoms with Crippen LogP contribution in [0.25, 0.3) is 0 Å². The lowest BCUT2D eigenvalue weighted by molar-refractivity contribution is 0.773. The summed E-state index contributed by atoms with van der Waals surface area (Å²) in [5.41, 5.74) is 0.403. The lowest BCUT2D eigenvalue weighted by atomic mass is 10.4. The second-order valence-electron chi connectivity index (χ2n) is 1.37. The highest BCUT2D eigenvalue weighted by Crippen LogP contribution is 1.87. The van der Waals surface area contributed by atoms with E-state index in [4.69, 9.17) is 0 Å². The van der Waals surface area contributed by atoms with Crippen LogP contribution in [0.5, 0.6) is 0 Å². The normalized spacial score (nSPS) is 7.67. The highest BCUT2D eigenvalue weighted by atomic mass is 19.1. The average Bonchev–Trinajstić information content (AvgIpc) is 1.91. The van der Waals surface area contributed by atoms with Gasteiger partial charge in [0.2, 0.25) is 0 Å². The fourth-order valence-corrected chi connectivity index (χ4v) is 0.444. The Kier molecular flexibility index (Phi) is 1.81. The van der Waals surface area contributed by atoms with E-state index in [9.17, 15) is 4.39 Å². The van der Waals surface area contributed by atoms with Crippen LogP contribution < -0.4 is 0 Å². The minimum absolute atomic E-state index is 0.403. The smallest absolute Gasteiger partial charge is 0.116 e. The molecule has 0 N–H and O–H groups in total. The van der Waals surface area contributed by atoms with Crippen molar-refractivity contribution in [1.82, 2.24) is 4.98 Å². The van der Waals surface area contributed by atoms with Crippen molar-refractivity contribution in [1.29, 1.82) is 0 Å². The van der Waals surface area contributed by atoms with Gasteiger partial charge in [-0.2, -0.15) is 0 Å². The number of hydrogen-bond donors (Lipinski definition) is 0. The second-order valence-corrected chi connectivity index (χ2v) is 1.37. The number of aromatic nitrogens is 1. The molecule has 0 aliphatic carbocycles. The molecule has 43 valence electrons. The first-order valence-electron chi connectivity index (χ1n) is 2.38. The van der Waals surface area contributed by atoms with Gasteiger partial charge in [-0.25, -0.2) is 4.98 Å². The SMILES string of the molecule is FC#Cc1ccc[c]n1. The van der Waals surface area contributed by atoms with E-state index in [0.29, 0.717) is 5.69 Å². The first-order valence-corrected chi connectivity index (χ1v) is 2.38. The molecule has 0 saturated carbocycles. The Morgan fingerprint density at radius 1 is 1.67 bits per heavy atom. The van der Waals surface area contributed by atoms with E-state index < -0.39 is 0 Å². The molecule has 0 unspecified atom stereocenters. The molecule has 0 aliphatic rings. The summed E-state index contributed by atoms with van der Waals surface area (Å²) in [5.74, 6) is 2.15. The summed E-state index contributed by atoms with van der Waals surface area (Å²) in [4.78, 5) is 3.63. The standard InChI is InChI=1S/C7H3FN/c8-5-4-7-3-1-2-6-9-7/h1-3H. The van der Waals surface area contributed by atoms with Gasteiger partial charge < -0.3 is 0 Å². The molecule has 1 heterocycles. The summed E-state index contributed by atoms with van der Waals surface area (Å²) >= 11 is 0. The largest absolute Gasteiger partial charge is 0.238 e. The van der Waals surface area contributed by atoms with Crippen LogP contribution in [0.15, 0.2) is 18.2 Å². The molecule has 0 amide bonds. The molecule has 1 nitrogen and oxygen atoms in total. The molecular weight excluding hydrogens is 117 g/mol. The average molecular weight is 120 g/mol. The number of pyridine rings is 1. The number of hydrogen-bond acceptors (Lipinski definition) is 1. The lowest BCUT2D eigenvalue weighted by Gasteiger charge is -1.81. The quantitative estimate of drug-likeness (QED) is 0.468. The van der Waals surface area contributed by atoms with E-state index in [1.165, 1.54) is 6.17 Å². The van der Waals surface area contributed by atoms with E-state index >= 15 is 0 Å². The van der Waals surface area contributed by atoms with Gasteiger partial charge in [-0.3, -0.25) is 0 Å². The molecule has 9 heavy (non-hydrogen) atoms. The molecule has 0 fully saturated rings. The third-order valence-electron chi connectivity index (χ3n) is 0.785. The van der Waals surface area contributed by atoms with Crippen LogP contribution in [0.3, 0.4) is 0 Å². The second kappa shape index (κ2) is 2.83. The van der Waals surface area contributed by atoms with Gasteiger partial charge in [0.1, 0.15) is 11.9 Å². The Balaban J connectivity index is 2.94. The maximum atomic E-state index is 11.3. The van der Waals surface area contributed by atoms with Crippen molar-refractivity contribution in [2.24, 2.45) is 0 Å². The zero-order chi connectivity index (χ0) is 6.53. The summed E-state index contributed by atoms with van der Waals surface area (Å²) in [6.45, 7) is 0. The van der Waals surface area contributed by atoms with Gasteiger partial charge in [0.25, 0.3) is 0 Å². The van der Waals surface area contributed by atoms with Crippen molar-refractivity contribution in [3.8, 4) is 12.1 Å². The van der Waals surface area contributed by atoms with Crippen molar-refractivity contribution in [2.45, 2.75) is 0 Å². The Morgan fingerprint density at radius 3 is 3.11 bits per heavy atom. The number of rotatable bonds is 0. The van der Waals surface area contributed by atoms with Crippen LogP contribution in [-0.4, -0.2) is 4.98 Å². The summed E-state index contributed by atoms with van der Waals surface area (Å²) in [5, 5.41) is 0. The van der Waals surface area contributed by atoms with Crippen molar-refractivity contribution in [2.75, 3.05) is 0 Å². The molecule has 0 atom stereocenters. The van der Waals surface area contributed by atoms with Crippen LogP contribution in [-0.2, 0) is 0 Å². The first kappa shape index (κ1) is 5.77. The molecule has 1 aromatic heterocycles. The van der Waals surface area contributed by atoms with Crippen molar-refractivity contribution in [3.05, 3.63) is 30.1 Å². The Bertz CT molecular complexity index is 232. The van der Waals surface area contributed by atoms with E-state index in [0.717, 1.165) is 0 Å². The van der Waals surface area contributed by atoms with Crippen LogP contribution >= 0.6 is 0 Å². The third kappa shape index (κ3) is 1.54. The minimum Gasteiger partial charge on any atom is -0.238 e. The minimum atomic E-state index is 0.403. The fraction of sp³-hybridized carbons (Fsp3) is 0. The molecule has 0 aliphatic heterocycles. The summed E-state index contributed by atoms with van der Waals surface area (Å²) in [6.07, 6.45) is 3.78. The third-order valence-corrected chi connectivity index (χ3v) is 0.785. The van der Waals surface area contributed by atoms with Crippen LogP contribution in [0.4, 0.5) is 4.39 Å². The van der Waals surface area contributed by atoms with Crippen LogP contribution in [0.1, 0.15) is 5.69 Å². The Labute approximate surface area is 52.5 Å². The molecule has 0 aromatic carbocycles. The van der Waals surface area contributed by atoms with Crippen LogP contribution in [0, 0.1) is 18.3 Å². The molecule has 0 saturated heterocycles. The molecule has 0 spiro atoms. The summed E-state index contributed by atoms with van der Waals surface area (Å²) in [7, 11) is 0. The maximum absolute atomic E-state index is 11.3. The maximum Gasteiger partial charge on any atom is 0.116 e. The van der Waals surface area contributed by atoms with E-state index in [1.807, 2.05) is 0 Å². The lowest BCUT2D eigenvalue weighted by Crippen LogP contribution is -1.76. The molecule has 1 aromatic rings. The van der Waals surface area contributed by atoms with Gasteiger partial charge >= 0.3 is 0 Å². The van der Waals surface area contributed by atoms with Crippen LogP contribution in [0.2, 0.25) is 0 Å². The number of halogens is 1. The zero-order valence-corrected chi connectivity index (χ0v) is 4.56. The van der Waals surface area contributed by atoms with E-state index in [1.54, 1.807) is 18.2 Å². The van der Waals surface area contributed by atoms with Gasteiger partial charge in [0.05, 0.1) is 6.20 Å². The molecule has 0 bridgehead atoms. The highest BCUT2D eigenvalue weighted by Gasteiger charge is 1.80. The molecule has 1 rings (SSSR count). The Hall–Kier alpha value is -1.36.